The number of sulfone groups is 1. The van der Waals surface area contributed by atoms with E-state index in [9.17, 15) is 13.2 Å². The fourth-order valence-corrected chi connectivity index (χ4v) is 5.44. The monoisotopic (exact) mass is 373 g/mol. The minimum atomic E-state index is -2.96. The average molecular weight is 373 g/mol. The molecule has 26 heavy (non-hydrogen) atoms. The standard InChI is InChI=1S/C19H23N3O3S/c23-19(20-11-14-5-4-10-26(24,25)13-14)17-12-21-22(18(17)15-8-9-15)16-6-2-1-3-7-16/h1-3,6-7,12,14-15H,4-5,8-11,13H2,(H,20,23). The van der Waals surface area contributed by atoms with Gasteiger partial charge in [0.2, 0.25) is 0 Å². The van der Waals surface area contributed by atoms with Crippen molar-refractivity contribution < 1.29 is 13.2 Å². The molecule has 1 unspecified atom stereocenters. The third-order valence-corrected chi connectivity index (χ3v) is 7.01. The molecule has 2 aromatic rings. The van der Waals surface area contributed by atoms with Crippen molar-refractivity contribution >= 4 is 15.7 Å². The fraction of sp³-hybridized carbons (Fsp3) is 0.474. The van der Waals surface area contributed by atoms with E-state index in [1.165, 1.54) is 0 Å². The molecule has 1 aliphatic carbocycles. The van der Waals surface area contributed by atoms with Crippen molar-refractivity contribution in [3.8, 4) is 5.69 Å². The molecule has 1 aliphatic heterocycles. The van der Waals surface area contributed by atoms with Crippen LogP contribution in [0.1, 0.15) is 47.7 Å². The van der Waals surface area contributed by atoms with Crippen LogP contribution in [0.15, 0.2) is 36.5 Å². The number of para-hydroxylation sites is 1. The quantitative estimate of drug-likeness (QED) is 0.872. The molecule has 1 aromatic heterocycles. The van der Waals surface area contributed by atoms with Crippen molar-refractivity contribution in [2.75, 3.05) is 18.1 Å². The van der Waals surface area contributed by atoms with Crippen LogP contribution in [0.5, 0.6) is 0 Å². The highest BCUT2D eigenvalue weighted by Crippen LogP contribution is 2.42. The lowest BCUT2D eigenvalue weighted by Crippen LogP contribution is -2.35. The van der Waals surface area contributed by atoms with E-state index in [4.69, 9.17) is 0 Å². The van der Waals surface area contributed by atoms with Gasteiger partial charge in [0.05, 0.1) is 34.6 Å². The van der Waals surface area contributed by atoms with Gasteiger partial charge in [0.25, 0.3) is 5.91 Å². The lowest BCUT2D eigenvalue weighted by Gasteiger charge is -2.22. The molecule has 2 heterocycles. The van der Waals surface area contributed by atoms with Crippen molar-refractivity contribution in [3.05, 3.63) is 47.8 Å². The zero-order valence-corrected chi connectivity index (χ0v) is 15.4. The Kier molecular flexibility index (Phi) is 4.56. The smallest absolute Gasteiger partial charge is 0.254 e. The molecule has 0 spiro atoms. The molecular formula is C19H23N3O3S. The molecule has 7 heteroatoms. The van der Waals surface area contributed by atoms with Crippen LogP contribution in [-0.2, 0) is 9.84 Å². The lowest BCUT2D eigenvalue weighted by molar-refractivity contribution is 0.0946. The minimum Gasteiger partial charge on any atom is -0.352 e. The summed E-state index contributed by atoms with van der Waals surface area (Å²) in [6.45, 7) is 0.401. The van der Waals surface area contributed by atoms with E-state index in [1.807, 2.05) is 35.0 Å². The predicted octanol–water partition coefficient (Wildman–Crippen LogP) is 2.30. The Hall–Kier alpha value is -2.15. The van der Waals surface area contributed by atoms with Crippen molar-refractivity contribution in [2.45, 2.75) is 31.6 Å². The van der Waals surface area contributed by atoms with Gasteiger partial charge in [0, 0.05) is 12.5 Å². The van der Waals surface area contributed by atoms with Gasteiger partial charge < -0.3 is 5.32 Å². The van der Waals surface area contributed by atoms with E-state index in [2.05, 4.69) is 10.4 Å². The fourth-order valence-electron chi connectivity index (χ4n) is 3.67. The van der Waals surface area contributed by atoms with Crippen LogP contribution >= 0.6 is 0 Å². The Morgan fingerprint density at radius 2 is 1.96 bits per heavy atom. The molecule has 1 N–H and O–H groups in total. The molecule has 2 aliphatic rings. The summed E-state index contributed by atoms with van der Waals surface area (Å²) < 4.78 is 25.4. The lowest BCUT2D eigenvalue weighted by atomic mass is 10.1. The van der Waals surface area contributed by atoms with E-state index in [0.29, 0.717) is 24.4 Å². The number of aromatic nitrogens is 2. The topological polar surface area (TPSA) is 81.1 Å². The molecule has 1 amide bonds. The number of amides is 1. The largest absolute Gasteiger partial charge is 0.352 e. The summed E-state index contributed by atoms with van der Waals surface area (Å²) in [7, 11) is -2.96. The number of nitrogens with one attached hydrogen (secondary N) is 1. The maximum atomic E-state index is 12.7. The van der Waals surface area contributed by atoms with Crippen LogP contribution in [0.25, 0.3) is 5.69 Å². The predicted molar refractivity (Wildman–Crippen MR) is 99.3 cm³/mol. The molecular weight excluding hydrogens is 350 g/mol. The van der Waals surface area contributed by atoms with Gasteiger partial charge in [-0.3, -0.25) is 4.79 Å². The van der Waals surface area contributed by atoms with Crippen LogP contribution in [0.4, 0.5) is 0 Å². The van der Waals surface area contributed by atoms with Crippen molar-refractivity contribution in [1.29, 1.82) is 0 Å². The van der Waals surface area contributed by atoms with E-state index in [0.717, 1.165) is 30.6 Å². The highest BCUT2D eigenvalue weighted by Gasteiger charge is 2.33. The zero-order valence-electron chi connectivity index (χ0n) is 14.6. The van der Waals surface area contributed by atoms with E-state index < -0.39 is 9.84 Å². The highest BCUT2D eigenvalue weighted by molar-refractivity contribution is 7.91. The van der Waals surface area contributed by atoms with Gasteiger partial charge in [-0.1, -0.05) is 18.2 Å². The third kappa shape index (κ3) is 3.67. The molecule has 0 radical (unpaired) electrons. The second kappa shape index (κ2) is 6.87. The Bertz CT molecular complexity index is 901. The molecule has 138 valence electrons. The van der Waals surface area contributed by atoms with Gasteiger partial charge >= 0.3 is 0 Å². The van der Waals surface area contributed by atoms with E-state index in [-0.39, 0.29) is 23.3 Å². The number of nitrogens with zero attached hydrogens (tertiary/aromatic N) is 2. The van der Waals surface area contributed by atoms with Crippen molar-refractivity contribution in [3.63, 3.8) is 0 Å². The second-order valence-corrected chi connectivity index (χ2v) is 9.53. The van der Waals surface area contributed by atoms with Gasteiger partial charge in [0.1, 0.15) is 0 Å². The van der Waals surface area contributed by atoms with Gasteiger partial charge in [-0.15, -0.1) is 0 Å². The second-order valence-electron chi connectivity index (χ2n) is 7.30. The van der Waals surface area contributed by atoms with Gasteiger partial charge in [-0.2, -0.15) is 5.10 Å². The summed E-state index contributed by atoms with van der Waals surface area (Å²) in [6, 6.07) is 9.82. The first-order chi connectivity index (χ1) is 12.5. The van der Waals surface area contributed by atoms with Gasteiger partial charge in [-0.25, -0.2) is 13.1 Å². The van der Waals surface area contributed by atoms with Gasteiger partial charge in [0.15, 0.2) is 9.84 Å². The first-order valence-corrected chi connectivity index (χ1v) is 11.0. The Morgan fingerprint density at radius 1 is 1.19 bits per heavy atom. The molecule has 2 fully saturated rings. The SMILES string of the molecule is O=C(NCC1CCCS(=O)(=O)C1)c1cnn(-c2ccccc2)c1C1CC1. The van der Waals surface area contributed by atoms with Crippen molar-refractivity contribution in [2.24, 2.45) is 5.92 Å². The Labute approximate surface area is 153 Å². The summed E-state index contributed by atoms with van der Waals surface area (Å²) in [5, 5.41) is 7.38. The number of benzene rings is 1. The molecule has 1 aromatic carbocycles. The van der Waals surface area contributed by atoms with Crippen LogP contribution in [-0.4, -0.2) is 42.2 Å². The number of carbonyl (C=O) groups excluding carboxylic acids is 1. The molecule has 1 saturated carbocycles. The summed E-state index contributed by atoms with van der Waals surface area (Å²) in [5.74, 6) is 0.663. The van der Waals surface area contributed by atoms with Crippen LogP contribution < -0.4 is 5.32 Å². The summed E-state index contributed by atoms with van der Waals surface area (Å²) in [4.78, 5) is 12.7. The first-order valence-electron chi connectivity index (χ1n) is 9.15. The summed E-state index contributed by atoms with van der Waals surface area (Å²) >= 11 is 0. The zero-order chi connectivity index (χ0) is 18.1. The molecule has 1 atom stereocenters. The normalized spacial score (nSPS) is 22.1. The van der Waals surface area contributed by atoms with Crippen molar-refractivity contribution in [1.82, 2.24) is 15.1 Å². The highest BCUT2D eigenvalue weighted by atomic mass is 32.2. The van der Waals surface area contributed by atoms with E-state index in [1.54, 1.807) is 6.20 Å². The minimum absolute atomic E-state index is 0.00578. The number of hydrogen-bond acceptors (Lipinski definition) is 4. The molecule has 4 rings (SSSR count). The molecule has 6 nitrogen and oxygen atoms in total. The third-order valence-electron chi connectivity index (χ3n) is 5.12. The maximum Gasteiger partial charge on any atom is 0.254 e. The number of hydrogen-bond donors (Lipinski definition) is 1. The van der Waals surface area contributed by atoms with Crippen LogP contribution in [0.3, 0.4) is 0 Å². The Balaban J connectivity index is 1.51. The summed E-state index contributed by atoms with van der Waals surface area (Å²) in [6.07, 6.45) is 5.30. The number of rotatable bonds is 5. The number of carbonyl (C=O) groups is 1. The maximum absolute atomic E-state index is 12.7. The first kappa shape index (κ1) is 17.3. The van der Waals surface area contributed by atoms with Crippen LogP contribution in [0.2, 0.25) is 0 Å². The average Bonchev–Trinajstić information content (AvgIpc) is 3.37. The molecule has 1 saturated heterocycles. The van der Waals surface area contributed by atoms with Gasteiger partial charge in [-0.05, 0) is 43.7 Å². The van der Waals surface area contributed by atoms with Crippen LogP contribution in [0, 0.1) is 5.92 Å². The summed E-state index contributed by atoms with van der Waals surface area (Å²) in [5.41, 5.74) is 2.52. The molecule has 0 bridgehead atoms. The Morgan fingerprint density at radius 3 is 2.65 bits per heavy atom. The van der Waals surface area contributed by atoms with E-state index >= 15 is 0 Å².